The first kappa shape index (κ1) is 13.4. The molecule has 1 aromatic carbocycles. The molecular formula is C15H25N3. The van der Waals surface area contributed by atoms with Crippen molar-refractivity contribution in [3.63, 3.8) is 0 Å². The van der Waals surface area contributed by atoms with Gasteiger partial charge in [0.2, 0.25) is 0 Å². The Bertz CT molecular complexity index is 376. The summed E-state index contributed by atoms with van der Waals surface area (Å²) in [5.41, 5.74) is 8.02. The number of rotatable bonds is 5. The third kappa shape index (κ3) is 3.72. The third-order valence-corrected chi connectivity index (χ3v) is 3.87. The zero-order valence-corrected chi connectivity index (χ0v) is 11.6. The molecular weight excluding hydrogens is 222 g/mol. The zero-order chi connectivity index (χ0) is 13.0. The van der Waals surface area contributed by atoms with Gasteiger partial charge in [0.25, 0.3) is 0 Å². The average molecular weight is 247 g/mol. The molecule has 1 fully saturated rings. The molecule has 2 rings (SSSR count). The van der Waals surface area contributed by atoms with Crippen molar-refractivity contribution in [3.8, 4) is 0 Å². The molecule has 0 spiro atoms. The summed E-state index contributed by atoms with van der Waals surface area (Å²) in [6, 6.07) is 9.00. The van der Waals surface area contributed by atoms with Crippen LogP contribution in [0, 0.1) is 0 Å². The van der Waals surface area contributed by atoms with Crippen LogP contribution < -0.4 is 5.73 Å². The lowest BCUT2D eigenvalue weighted by Gasteiger charge is -2.20. The minimum atomic E-state index is 0.748. The van der Waals surface area contributed by atoms with Gasteiger partial charge in [0.05, 0.1) is 0 Å². The fourth-order valence-corrected chi connectivity index (χ4v) is 2.69. The van der Waals surface area contributed by atoms with E-state index in [0.717, 1.165) is 18.2 Å². The second-order valence-electron chi connectivity index (χ2n) is 5.56. The molecule has 1 atom stereocenters. The second-order valence-corrected chi connectivity index (χ2v) is 5.56. The van der Waals surface area contributed by atoms with Gasteiger partial charge >= 0.3 is 0 Å². The van der Waals surface area contributed by atoms with Crippen LogP contribution in [0.2, 0.25) is 0 Å². The molecule has 1 aromatic rings. The summed E-state index contributed by atoms with van der Waals surface area (Å²) < 4.78 is 0. The van der Waals surface area contributed by atoms with Gasteiger partial charge < -0.3 is 15.5 Å². The lowest BCUT2D eigenvalue weighted by molar-refractivity contribution is 0.267. The van der Waals surface area contributed by atoms with E-state index in [2.05, 4.69) is 36.0 Å². The molecule has 0 saturated carbocycles. The van der Waals surface area contributed by atoms with E-state index in [1.807, 2.05) is 12.1 Å². The topological polar surface area (TPSA) is 32.5 Å². The van der Waals surface area contributed by atoms with E-state index in [0.29, 0.717) is 0 Å². The van der Waals surface area contributed by atoms with Gasteiger partial charge in [0.1, 0.15) is 0 Å². The standard InChI is InChI=1S/C15H25N3/c1-17(2)15-8-10-18(12-15)9-4-6-13-5-3-7-14(16)11-13/h3,5,7,11,15H,4,6,8-10,12,16H2,1-2H3. The summed E-state index contributed by atoms with van der Waals surface area (Å²) >= 11 is 0. The average Bonchev–Trinajstić information content (AvgIpc) is 2.78. The van der Waals surface area contributed by atoms with Crippen LogP contribution in [0.1, 0.15) is 18.4 Å². The quantitative estimate of drug-likeness (QED) is 0.806. The van der Waals surface area contributed by atoms with E-state index in [1.54, 1.807) is 0 Å². The fraction of sp³-hybridized carbons (Fsp3) is 0.600. The van der Waals surface area contributed by atoms with E-state index in [9.17, 15) is 0 Å². The number of nitrogens with two attached hydrogens (primary N) is 1. The van der Waals surface area contributed by atoms with Gasteiger partial charge in [-0.3, -0.25) is 0 Å². The maximum Gasteiger partial charge on any atom is 0.0316 e. The number of likely N-dealkylation sites (tertiary alicyclic amines) is 1. The summed E-state index contributed by atoms with van der Waals surface area (Å²) in [5.74, 6) is 0. The molecule has 0 aromatic heterocycles. The van der Waals surface area contributed by atoms with Crippen LogP contribution >= 0.6 is 0 Å². The highest BCUT2D eigenvalue weighted by molar-refractivity contribution is 5.40. The number of anilines is 1. The largest absolute Gasteiger partial charge is 0.399 e. The lowest BCUT2D eigenvalue weighted by Crippen LogP contribution is -2.31. The maximum atomic E-state index is 5.79. The van der Waals surface area contributed by atoms with Crippen LogP contribution in [-0.2, 0) is 6.42 Å². The van der Waals surface area contributed by atoms with Gasteiger partial charge in [-0.25, -0.2) is 0 Å². The van der Waals surface area contributed by atoms with Crippen molar-refractivity contribution in [2.75, 3.05) is 39.5 Å². The molecule has 1 unspecified atom stereocenters. The fourth-order valence-electron chi connectivity index (χ4n) is 2.69. The summed E-state index contributed by atoms with van der Waals surface area (Å²) in [6.07, 6.45) is 3.67. The molecule has 1 aliphatic rings. The highest BCUT2D eigenvalue weighted by atomic mass is 15.2. The van der Waals surface area contributed by atoms with E-state index < -0.39 is 0 Å². The molecule has 3 heteroatoms. The molecule has 0 radical (unpaired) electrons. The normalized spacial score (nSPS) is 20.7. The Balaban J connectivity index is 1.70. The number of likely N-dealkylation sites (N-methyl/N-ethyl adjacent to an activating group) is 1. The number of nitrogen functional groups attached to an aromatic ring is 1. The molecule has 0 bridgehead atoms. The minimum absolute atomic E-state index is 0.748. The predicted octanol–water partition coefficient (Wildman–Crippen LogP) is 1.84. The molecule has 1 aliphatic heterocycles. The van der Waals surface area contributed by atoms with Crippen LogP contribution in [-0.4, -0.2) is 49.6 Å². The molecule has 3 nitrogen and oxygen atoms in total. The van der Waals surface area contributed by atoms with Gasteiger partial charge in [0.15, 0.2) is 0 Å². The van der Waals surface area contributed by atoms with Crippen molar-refractivity contribution in [3.05, 3.63) is 29.8 Å². The first-order chi connectivity index (χ1) is 8.65. The first-order valence-corrected chi connectivity index (χ1v) is 6.88. The van der Waals surface area contributed by atoms with E-state index in [1.165, 1.54) is 38.0 Å². The van der Waals surface area contributed by atoms with Crippen molar-refractivity contribution < 1.29 is 0 Å². The first-order valence-electron chi connectivity index (χ1n) is 6.88. The van der Waals surface area contributed by atoms with Crippen molar-refractivity contribution >= 4 is 5.69 Å². The predicted molar refractivity (Wildman–Crippen MR) is 77.7 cm³/mol. The number of aryl methyl sites for hydroxylation is 1. The van der Waals surface area contributed by atoms with E-state index in [4.69, 9.17) is 5.73 Å². The minimum Gasteiger partial charge on any atom is -0.399 e. The zero-order valence-electron chi connectivity index (χ0n) is 11.6. The van der Waals surface area contributed by atoms with E-state index >= 15 is 0 Å². The van der Waals surface area contributed by atoms with Crippen molar-refractivity contribution in [2.24, 2.45) is 0 Å². The maximum absolute atomic E-state index is 5.79. The summed E-state index contributed by atoms with van der Waals surface area (Å²) in [7, 11) is 4.36. The molecule has 100 valence electrons. The van der Waals surface area contributed by atoms with Crippen LogP contribution in [0.15, 0.2) is 24.3 Å². The van der Waals surface area contributed by atoms with Crippen LogP contribution in [0.4, 0.5) is 5.69 Å². The number of benzene rings is 1. The number of hydrogen-bond donors (Lipinski definition) is 1. The second kappa shape index (κ2) is 6.21. The van der Waals surface area contributed by atoms with E-state index in [-0.39, 0.29) is 0 Å². The summed E-state index contributed by atoms with van der Waals surface area (Å²) in [6.45, 7) is 3.68. The van der Waals surface area contributed by atoms with Crippen LogP contribution in [0.3, 0.4) is 0 Å². The van der Waals surface area contributed by atoms with Gasteiger partial charge in [0, 0.05) is 18.3 Å². The Morgan fingerprint density at radius 2 is 2.22 bits per heavy atom. The van der Waals surface area contributed by atoms with Gasteiger partial charge in [-0.1, -0.05) is 12.1 Å². The monoisotopic (exact) mass is 247 g/mol. The Kier molecular flexibility index (Phi) is 4.61. The summed E-state index contributed by atoms with van der Waals surface area (Å²) in [5, 5.41) is 0. The molecule has 1 heterocycles. The molecule has 0 amide bonds. The lowest BCUT2D eigenvalue weighted by atomic mass is 10.1. The molecule has 2 N–H and O–H groups in total. The molecule has 1 saturated heterocycles. The smallest absolute Gasteiger partial charge is 0.0316 e. The van der Waals surface area contributed by atoms with Gasteiger partial charge in [-0.05, 0) is 64.1 Å². The third-order valence-electron chi connectivity index (χ3n) is 3.87. The highest BCUT2D eigenvalue weighted by Crippen LogP contribution is 2.14. The Hall–Kier alpha value is -1.06. The van der Waals surface area contributed by atoms with Crippen molar-refractivity contribution in [1.82, 2.24) is 9.80 Å². The number of nitrogens with zero attached hydrogens (tertiary/aromatic N) is 2. The Morgan fingerprint density at radius 1 is 1.39 bits per heavy atom. The highest BCUT2D eigenvalue weighted by Gasteiger charge is 2.22. The SMILES string of the molecule is CN(C)C1CCN(CCCc2cccc(N)c2)C1. The molecule has 18 heavy (non-hydrogen) atoms. The molecule has 0 aliphatic carbocycles. The Labute approximate surface area is 111 Å². The van der Waals surface area contributed by atoms with Crippen molar-refractivity contribution in [1.29, 1.82) is 0 Å². The van der Waals surface area contributed by atoms with Gasteiger partial charge in [-0.15, -0.1) is 0 Å². The van der Waals surface area contributed by atoms with Crippen molar-refractivity contribution in [2.45, 2.75) is 25.3 Å². The Morgan fingerprint density at radius 3 is 2.89 bits per heavy atom. The van der Waals surface area contributed by atoms with Gasteiger partial charge in [-0.2, -0.15) is 0 Å². The van der Waals surface area contributed by atoms with Crippen LogP contribution in [0.25, 0.3) is 0 Å². The number of hydrogen-bond acceptors (Lipinski definition) is 3. The summed E-state index contributed by atoms with van der Waals surface area (Å²) in [4.78, 5) is 4.93. The van der Waals surface area contributed by atoms with Crippen LogP contribution in [0.5, 0.6) is 0 Å².